The van der Waals surface area contributed by atoms with Gasteiger partial charge in [0.1, 0.15) is 0 Å². The normalized spacial score (nSPS) is 18.1. The largest absolute Gasteiger partial charge is 0.262 e. The van der Waals surface area contributed by atoms with E-state index in [2.05, 4.69) is 67.0 Å². The van der Waals surface area contributed by atoms with E-state index in [1.165, 1.54) is 22.4 Å². The lowest BCUT2D eigenvalue weighted by Crippen LogP contribution is -2.01. The summed E-state index contributed by atoms with van der Waals surface area (Å²) >= 11 is 0. The first-order chi connectivity index (χ1) is 9.72. The van der Waals surface area contributed by atoms with Crippen LogP contribution in [0.15, 0.2) is 71.9 Å². The minimum atomic E-state index is 0.508. The number of allylic oxidation sites excluding steroid dienone is 1. The molecule has 0 N–H and O–H groups in total. The first kappa shape index (κ1) is 12.9. The van der Waals surface area contributed by atoms with Gasteiger partial charge in [-0.2, -0.15) is 0 Å². The fraction of sp³-hybridized carbons (Fsp3) is 0.211. The fourth-order valence-electron chi connectivity index (χ4n) is 2.62. The number of hydrogen-bond acceptors (Lipinski definition) is 1. The summed E-state index contributed by atoms with van der Waals surface area (Å²) in [5, 5.41) is 0. The van der Waals surface area contributed by atoms with Gasteiger partial charge in [-0.3, -0.25) is 4.99 Å². The van der Waals surface area contributed by atoms with Gasteiger partial charge in [-0.25, -0.2) is 0 Å². The maximum atomic E-state index is 4.57. The SMILES string of the molecule is C=C1N=C(Cc2ccc(-c3ccccc3)cc2)CC1C. The summed E-state index contributed by atoms with van der Waals surface area (Å²) in [5.41, 5.74) is 6.14. The van der Waals surface area contributed by atoms with Crippen molar-refractivity contribution in [2.75, 3.05) is 0 Å². The third-order valence-electron chi connectivity index (χ3n) is 3.88. The van der Waals surface area contributed by atoms with Crippen molar-refractivity contribution in [1.29, 1.82) is 0 Å². The van der Waals surface area contributed by atoms with Crippen molar-refractivity contribution >= 4 is 5.71 Å². The molecule has 2 aromatic carbocycles. The zero-order valence-corrected chi connectivity index (χ0v) is 11.8. The van der Waals surface area contributed by atoms with E-state index in [4.69, 9.17) is 0 Å². The molecule has 0 radical (unpaired) electrons. The second-order valence-corrected chi connectivity index (χ2v) is 5.51. The molecule has 0 spiro atoms. The van der Waals surface area contributed by atoms with Crippen molar-refractivity contribution in [3.63, 3.8) is 0 Å². The molecule has 0 bridgehead atoms. The highest BCUT2D eigenvalue weighted by atomic mass is 14.8. The Morgan fingerprint density at radius 1 is 1.00 bits per heavy atom. The summed E-state index contributed by atoms with van der Waals surface area (Å²) in [5.74, 6) is 0.508. The molecule has 2 aromatic rings. The molecule has 0 saturated carbocycles. The number of benzene rings is 2. The van der Waals surface area contributed by atoms with Gasteiger partial charge in [0.15, 0.2) is 0 Å². The van der Waals surface area contributed by atoms with E-state index in [-0.39, 0.29) is 0 Å². The number of nitrogens with zero attached hydrogens (tertiary/aromatic N) is 1. The number of aliphatic imine (C=N–C) groups is 1. The standard InChI is InChI=1S/C19H19N/c1-14-12-19(20-15(14)2)13-16-8-10-18(11-9-16)17-6-4-3-5-7-17/h3-11,14H,2,12-13H2,1H3. The van der Waals surface area contributed by atoms with E-state index in [1.54, 1.807) is 0 Å². The minimum absolute atomic E-state index is 0.508. The molecule has 0 amide bonds. The predicted molar refractivity (Wildman–Crippen MR) is 85.9 cm³/mol. The van der Waals surface area contributed by atoms with Crippen molar-refractivity contribution in [1.82, 2.24) is 0 Å². The molecule has 0 aliphatic carbocycles. The molecule has 0 fully saturated rings. The van der Waals surface area contributed by atoms with Gasteiger partial charge in [0.2, 0.25) is 0 Å². The maximum absolute atomic E-state index is 4.57. The molecular weight excluding hydrogens is 242 g/mol. The van der Waals surface area contributed by atoms with Crippen LogP contribution < -0.4 is 0 Å². The molecular formula is C19H19N. The third-order valence-corrected chi connectivity index (χ3v) is 3.88. The highest BCUT2D eigenvalue weighted by Crippen LogP contribution is 2.25. The Labute approximate surface area is 120 Å². The van der Waals surface area contributed by atoms with Crippen LogP contribution in [0.25, 0.3) is 11.1 Å². The molecule has 0 saturated heterocycles. The molecule has 1 unspecified atom stereocenters. The Hall–Kier alpha value is -2.15. The molecule has 1 nitrogen and oxygen atoms in total. The molecule has 1 aliphatic heterocycles. The zero-order valence-electron chi connectivity index (χ0n) is 11.8. The second kappa shape index (κ2) is 5.46. The van der Waals surface area contributed by atoms with Gasteiger partial charge < -0.3 is 0 Å². The van der Waals surface area contributed by atoms with E-state index < -0.39 is 0 Å². The predicted octanol–water partition coefficient (Wildman–Crippen LogP) is 4.89. The van der Waals surface area contributed by atoms with E-state index in [9.17, 15) is 0 Å². The quantitative estimate of drug-likeness (QED) is 0.746. The van der Waals surface area contributed by atoms with E-state index in [0.29, 0.717) is 5.92 Å². The lowest BCUT2D eigenvalue weighted by atomic mass is 9.99. The van der Waals surface area contributed by atoms with Crippen LogP contribution in [0, 0.1) is 5.92 Å². The Kier molecular flexibility index (Phi) is 3.51. The Morgan fingerprint density at radius 2 is 1.65 bits per heavy atom. The Morgan fingerprint density at radius 3 is 2.25 bits per heavy atom. The lowest BCUT2D eigenvalue weighted by molar-refractivity contribution is 0.745. The van der Waals surface area contributed by atoms with Crippen molar-refractivity contribution in [3.05, 3.63) is 72.4 Å². The summed E-state index contributed by atoms with van der Waals surface area (Å²) in [6, 6.07) is 19.3. The average Bonchev–Trinajstić information content (AvgIpc) is 2.79. The second-order valence-electron chi connectivity index (χ2n) is 5.51. The highest BCUT2D eigenvalue weighted by molar-refractivity contribution is 5.90. The Balaban J connectivity index is 1.74. The first-order valence-electron chi connectivity index (χ1n) is 7.12. The molecule has 1 atom stereocenters. The van der Waals surface area contributed by atoms with Gasteiger partial charge >= 0.3 is 0 Å². The first-order valence-corrected chi connectivity index (χ1v) is 7.12. The van der Waals surface area contributed by atoms with Gasteiger partial charge in [-0.1, -0.05) is 68.1 Å². The summed E-state index contributed by atoms with van der Waals surface area (Å²) < 4.78 is 0. The van der Waals surface area contributed by atoms with Crippen LogP contribution in [0.3, 0.4) is 0 Å². The van der Waals surface area contributed by atoms with Crippen molar-refractivity contribution < 1.29 is 0 Å². The van der Waals surface area contributed by atoms with Crippen molar-refractivity contribution in [2.45, 2.75) is 19.8 Å². The van der Waals surface area contributed by atoms with Crippen LogP contribution in [0.2, 0.25) is 0 Å². The fourth-order valence-corrected chi connectivity index (χ4v) is 2.62. The average molecular weight is 261 g/mol. The summed E-state index contributed by atoms with van der Waals surface area (Å²) in [6.07, 6.45) is 2.00. The van der Waals surface area contributed by atoms with Gasteiger partial charge in [0.05, 0.1) is 0 Å². The number of hydrogen-bond donors (Lipinski definition) is 0. The van der Waals surface area contributed by atoms with Gasteiger partial charge in [0, 0.05) is 23.7 Å². The number of rotatable bonds is 3. The van der Waals surface area contributed by atoms with Crippen LogP contribution in [-0.4, -0.2) is 5.71 Å². The van der Waals surface area contributed by atoms with Crippen molar-refractivity contribution in [3.8, 4) is 11.1 Å². The molecule has 20 heavy (non-hydrogen) atoms. The molecule has 100 valence electrons. The maximum Gasteiger partial charge on any atom is 0.0363 e. The van der Waals surface area contributed by atoms with Crippen LogP contribution in [0.5, 0.6) is 0 Å². The van der Waals surface area contributed by atoms with E-state index >= 15 is 0 Å². The van der Waals surface area contributed by atoms with Crippen LogP contribution in [0.1, 0.15) is 18.9 Å². The molecule has 3 rings (SSSR count). The third kappa shape index (κ3) is 2.72. The van der Waals surface area contributed by atoms with Gasteiger partial charge in [0.25, 0.3) is 0 Å². The summed E-state index contributed by atoms with van der Waals surface area (Å²) in [6.45, 7) is 6.19. The van der Waals surface area contributed by atoms with Crippen LogP contribution in [0.4, 0.5) is 0 Å². The van der Waals surface area contributed by atoms with E-state index in [0.717, 1.165) is 18.5 Å². The molecule has 1 heterocycles. The van der Waals surface area contributed by atoms with Gasteiger partial charge in [-0.05, 0) is 23.1 Å². The van der Waals surface area contributed by atoms with Gasteiger partial charge in [-0.15, -0.1) is 0 Å². The highest BCUT2D eigenvalue weighted by Gasteiger charge is 2.17. The topological polar surface area (TPSA) is 12.4 Å². The molecule has 0 aromatic heterocycles. The summed E-state index contributed by atoms with van der Waals surface area (Å²) in [7, 11) is 0. The minimum Gasteiger partial charge on any atom is -0.262 e. The van der Waals surface area contributed by atoms with E-state index in [1.807, 2.05) is 6.07 Å². The van der Waals surface area contributed by atoms with Crippen molar-refractivity contribution in [2.24, 2.45) is 10.9 Å². The van der Waals surface area contributed by atoms with Crippen LogP contribution >= 0.6 is 0 Å². The summed E-state index contributed by atoms with van der Waals surface area (Å²) in [4.78, 5) is 4.57. The monoisotopic (exact) mass is 261 g/mol. The lowest BCUT2D eigenvalue weighted by Gasteiger charge is -2.05. The zero-order chi connectivity index (χ0) is 13.9. The smallest absolute Gasteiger partial charge is 0.0363 e. The Bertz CT molecular complexity index is 635. The van der Waals surface area contributed by atoms with Crippen LogP contribution in [-0.2, 0) is 6.42 Å². The molecule has 1 heteroatoms. The molecule has 1 aliphatic rings.